The molecule has 1 heterocycles. The van der Waals surface area contributed by atoms with Gasteiger partial charge < -0.3 is 11.1 Å². The molecule has 1 aromatic heterocycles. The van der Waals surface area contributed by atoms with Crippen LogP contribution >= 0.6 is 15.9 Å². The Kier molecular flexibility index (Phi) is 3.90. The fourth-order valence-corrected chi connectivity index (χ4v) is 2.25. The number of aromatic nitrogens is 2. The Morgan fingerprint density at radius 2 is 2.26 bits per heavy atom. The highest BCUT2D eigenvalue weighted by Crippen LogP contribution is 2.22. The van der Waals surface area contributed by atoms with E-state index in [2.05, 4.69) is 26.3 Å². The molecular weight excluding hydrogens is 308 g/mol. The number of aryl methyl sites for hydroxylation is 1. The Balaban J connectivity index is 2.15. The molecule has 0 atom stereocenters. The minimum Gasteiger partial charge on any atom is -0.398 e. The molecule has 1 aromatic carbocycles. The van der Waals surface area contributed by atoms with E-state index >= 15 is 0 Å². The zero-order chi connectivity index (χ0) is 14.0. The molecule has 19 heavy (non-hydrogen) atoms. The number of nitrogens with two attached hydrogens (primary N) is 1. The maximum absolute atomic E-state index is 12.2. The molecule has 2 aromatic rings. The van der Waals surface area contributed by atoms with Crippen LogP contribution in [0.3, 0.4) is 0 Å². The number of halogens is 1. The van der Waals surface area contributed by atoms with Gasteiger partial charge in [0.2, 0.25) is 0 Å². The zero-order valence-electron chi connectivity index (χ0n) is 10.8. The van der Waals surface area contributed by atoms with Gasteiger partial charge in [0, 0.05) is 29.0 Å². The topological polar surface area (TPSA) is 72.9 Å². The van der Waals surface area contributed by atoms with Crippen molar-refractivity contribution in [3.63, 3.8) is 0 Å². The van der Waals surface area contributed by atoms with Crippen LogP contribution in [-0.4, -0.2) is 15.7 Å². The maximum atomic E-state index is 12.2. The Morgan fingerprint density at radius 1 is 1.53 bits per heavy atom. The van der Waals surface area contributed by atoms with Crippen LogP contribution in [0.4, 0.5) is 5.69 Å². The molecule has 0 saturated carbocycles. The molecule has 5 nitrogen and oxygen atoms in total. The molecule has 0 radical (unpaired) electrons. The highest BCUT2D eigenvalue weighted by atomic mass is 79.9. The van der Waals surface area contributed by atoms with Crippen molar-refractivity contribution in [2.45, 2.75) is 13.5 Å². The van der Waals surface area contributed by atoms with Gasteiger partial charge in [0.15, 0.2) is 0 Å². The van der Waals surface area contributed by atoms with Crippen LogP contribution in [0.15, 0.2) is 28.9 Å². The van der Waals surface area contributed by atoms with Crippen LogP contribution in [0, 0.1) is 6.92 Å². The Bertz CT molecular complexity index is 621. The minimum atomic E-state index is -0.147. The van der Waals surface area contributed by atoms with E-state index in [1.54, 1.807) is 23.0 Å². The second kappa shape index (κ2) is 5.44. The molecule has 0 aliphatic heterocycles. The van der Waals surface area contributed by atoms with Crippen molar-refractivity contribution < 1.29 is 4.79 Å². The molecule has 6 heteroatoms. The summed E-state index contributed by atoms with van der Waals surface area (Å²) in [7, 11) is 1.84. The third-order valence-electron chi connectivity index (χ3n) is 3.01. The van der Waals surface area contributed by atoms with Gasteiger partial charge in [0.05, 0.1) is 12.2 Å². The molecule has 0 bridgehead atoms. The van der Waals surface area contributed by atoms with Crippen molar-refractivity contribution in [3.8, 4) is 0 Å². The highest BCUT2D eigenvalue weighted by molar-refractivity contribution is 9.10. The van der Waals surface area contributed by atoms with Gasteiger partial charge in [-0.2, -0.15) is 5.10 Å². The number of nitrogens with zero attached hydrogens (tertiary/aromatic N) is 2. The molecule has 0 spiro atoms. The summed E-state index contributed by atoms with van der Waals surface area (Å²) in [6.07, 6.45) is 1.70. The first-order valence-corrected chi connectivity index (χ1v) is 6.59. The largest absolute Gasteiger partial charge is 0.398 e. The summed E-state index contributed by atoms with van der Waals surface area (Å²) in [6, 6.07) is 5.42. The van der Waals surface area contributed by atoms with E-state index in [1.807, 2.05) is 20.0 Å². The summed E-state index contributed by atoms with van der Waals surface area (Å²) in [5.41, 5.74) is 8.75. The summed E-state index contributed by atoms with van der Waals surface area (Å²) >= 11 is 3.34. The molecule has 0 saturated heterocycles. The highest BCUT2D eigenvalue weighted by Gasteiger charge is 2.12. The maximum Gasteiger partial charge on any atom is 0.251 e. The monoisotopic (exact) mass is 322 g/mol. The average molecular weight is 323 g/mol. The number of amides is 1. The standard InChI is InChI=1S/C13H15BrN4O/c1-8-11(5-9(14)6-12(8)15)13(19)16-7-10-3-4-17-18(10)2/h3-6H,7,15H2,1-2H3,(H,16,19). The number of hydrogen-bond donors (Lipinski definition) is 2. The minimum absolute atomic E-state index is 0.147. The molecule has 0 aliphatic carbocycles. The summed E-state index contributed by atoms with van der Waals surface area (Å²) in [5, 5.41) is 6.91. The zero-order valence-corrected chi connectivity index (χ0v) is 12.4. The van der Waals surface area contributed by atoms with Gasteiger partial charge in [0.1, 0.15) is 0 Å². The van der Waals surface area contributed by atoms with Gasteiger partial charge in [-0.15, -0.1) is 0 Å². The molecule has 0 aliphatic rings. The number of benzene rings is 1. The molecule has 0 unspecified atom stereocenters. The number of carbonyl (C=O) groups is 1. The smallest absolute Gasteiger partial charge is 0.251 e. The Labute approximate surface area is 119 Å². The number of nitrogens with one attached hydrogen (secondary N) is 1. The molecular formula is C13H15BrN4O. The predicted molar refractivity (Wildman–Crippen MR) is 77.7 cm³/mol. The second-order valence-corrected chi connectivity index (χ2v) is 5.21. The lowest BCUT2D eigenvalue weighted by atomic mass is 10.1. The van der Waals surface area contributed by atoms with Crippen molar-refractivity contribution >= 4 is 27.5 Å². The van der Waals surface area contributed by atoms with Gasteiger partial charge in [0.25, 0.3) is 5.91 Å². The van der Waals surface area contributed by atoms with Gasteiger partial charge in [-0.3, -0.25) is 9.48 Å². The van der Waals surface area contributed by atoms with E-state index in [-0.39, 0.29) is 5.91 Å². The van der Waals surface area contributed by atoms with Crippen molar-refractivity contribution in [3.05, 3.63) is 45.7 Å². The van der Waals surface area contributed by atoms with Crippen LogP contribution in [0.1, 0.15) is 21.6 Å². The van der Waals surface area contributed by atoms with E-state index in [0.29, 0.717) is 17.8 Å². The summed E-state index contributed by atoms with van der Waals surface area (Å²) in [6.45, 7) is 2.27. The van der Waals surface area contributed by atoms with Crippen molar-refractivity contribution in [2.24, 2.45) is 7.05 Å². The lowest BCUT2D eigenvalue weighted by Crippen LogP contribution is -2.25. The molecule has 1 amide bonds. The number of carbonyl (C=O) groups excluding carboxylic acids is 1. The van der Waals surface area contributed by atoms with E-state index in [9.17, 15) is 4.79 Å². The van der Waals surface area contributed by atoms with Crippen LogP contribution < -0.4 is 11.1 Å². The first-order valence-electron chi connectivity index (χ1n) is 5.79. The number of hydrogen-bond acceptors (Lipinski definition) is 3. The van der Waals surface area contributed by atoms with Crippen molar-refractivity contribution in [1.29, 1.82) is 0 Å². The SMILES string of the molecule is Cc1c(N)cc(Br)cc1C(=O)NCc1ccnn1C. The van der Waals surface area contributed by atoms with Crippen molar-refractivity contribution in [2.75, 3.05) is 5.73 Å². The Morgan fingerprint density at radius 3 is 2.89 bits per heavy atom. The molecule has 2 rings (SSSR count). The van der Waals surface area contributed by atoms with E-state index in [1.165, 1.54) is 0 Å². The van der Waals surface area contributed by atoms with E-state index in [4.69, 9.17) is 5.73 Å². The Hall–Kier alpha value is -1.82. The molecule has 0 fully saturated rings. The van der Waals surface area contributed by atoms with Gasteiger partial charge in [-0.25, -0.2) is 0 Å². The summed E-state index contributed by atoms with van der Waals surface area (Å²) < 4.78 is 2.52. The van der Waals surface area contributed by atoms with Gasteiger partial charge in [-0.1, -0.05) is 15.9 Å². The average Bonchev–Trinajstić information content (AvgIpc) is 2.76. The molecule has 3 N–H and O–H groups in total. The summed E-state index contributed by atoms with van der Waals surface area (Å²) in [4.78, 5) is 12.2. The fraction of sp³-hybridized carbons (Fsp3) is 0.231. The van der Waals surface area contributed by atoms with Crippen LogP contribution in [0.25, 0.3) is 0 Å². The normalized spacial score (nSPS) is 10.5. The van der Waals surface area contributed by atoms with E-state index < -0.39 is 0 Å². The number of anilines is 1. The molecule has 100 valence electrons. The predicted octanol–water partition coefficient (Wildman–Crippen LogP) is 2.00. The van der Waals surface area contributed by atoms with E-state index in [0.717, 1.165) is 15.7 Å². The van der Waals surface area contributed by atoms with Crippen molar-refractivity contribution in [1.82, 2.24) is 15.1 Å². The fourth-order valence-electron chi connectivity index (χ4n) is 1.78. The van der Waals surface area contributed by atoms with Gasteiger partial charge >= 0.3 is 0 Å². The summed E-state index contributed by atoms with van der Waals surface area (Å²) in [5.74, 6) is -0.147. The lowest BCUT2D eigenvalue weighted by molar-refractivity contribution is 0.0949. The van der Waals surface area contributed by atoms with Crippen LogP contribution in [-0.2, 0) is 13.6 Å². The number of nitrogen functional groups attached to an aromatic ring is 1. The van der Waals surface area contributed by atoms with Gasteiger partial charge in [-0.05, 0) is 30.7 Å². The quantitative estimate of drug-likeness (QED) is 0.849. The number of rotatable bonds is 3. The lowest BCUT2D eigenvalue weighted by Gasteiger charge is -2.10. The first kappa shape index (κ1) is 13.6. The second-order valence-electron chi connectivity index (χ2n) is 4.30. The van der Waals surface area contributed by atoms with Crippen LogP contribution in [0.5, 0.6) is 0 Å². The van der Waals surface area contributed by atoms with Crippen LogP contribution in [0.2, 0.25) is 0 Å². The third-order valence-corrected chi connectivity index (χ3v) is 3.47. The first-order chi connectivity index (χ1) is 8.99. The third kappa shape index (κ3) is 2.96.